The Labute approximate surface area is 108 Å². The van der Waals surface area contributed by atoms with Crippen molar-refractivity contribution < 1.29 is 0 Å². The van der Waals surface area contributed by atoms with Gasteiger partial charge in [-0.1, -0.05) is 29.8 Å². The van der Waals surface area contributed by atoms with Gasteiger partial charge >= 0.3 is 0 Å². The van der Waals surface area contributed by atoms with Gasteiger partial charge in [-0.25, -0.2) is 0 Å². The Hall–Kier alpha value is -0.990. The van der Waals surface area contributed by atoms with Crippen molar-refractivity contribution in [3.63, 3.8) is 0 Å². The molecule has 1 N–H and O–H groups in total. The fourth-order valence-corrected chi connectivity index (χ4v) is 2.22. The summed E-state index contributed by atoms with van der Waals surface area (Å²) < 4.78 is 2.20. The molecule has 0 aliphatic heterocycles. The molecule has 3 heteroatoms. The Morgan fingerprint density at radius 1 is 1.24 bits per heavy atom. The van der Waals surface area contributed by atoms with E-state index in [4.69, 9.17) is 11.6 Å². The summed E-state index contributed by atoms with van der Waals surface area (Å²) in [6, 6.07) is 8.24. The molecule has 1 aromatic carbocycles. The zero-order chi connectivity index (χ0) is 12.5. The first-order chi connectivity index (χ1) is 7.97. The number of aromatic nitrogens is 1. The normalized spacial score (nSPS) is 12.2. The SMILES string of the molecule is CC(C)(C)NCCn1cc(Cl)c2ccccc21. The summed E-state index contributed by atoms with van der Waals surface area (Å²) in [5.74, 6) is 0. The lowest BCUT2D eigenvalue weighted by Crippen LogP contribution is -2.37. The summed E-state index contributed by atoms with van der Waals surface area (Å²) >= 11 is 6.21. The molecule has 2 nitrogen and oxygen atoms in total. The predicted molar refractivity (Wildman–Crippen MR) is 74.7 cm³/mol. The average molecular weight is 251 g/mol. The number of nitrogens with one attached hydrogen (secondary N) is 1. The predicted octanol–water partition coefficient (Wildman–Crippen LogP) is 3.68. The number of rotatable bonds is 3. The highest BCUT2D eigenvalue weighted by molar-refractivity contribution is 6.35. The van der Waals surface area contributed by atoms with E-state index in [2.05, 4.69) is 42.8 Å². The Bertz CT molecular complexity index is 508. The molecule has 0 atom stereocenters. The van der Waals surface area contributed by atoms with Crippen LogP contribution in [0.5, 0.6) is 0 Å². The molecule has 1 heterocycles. The standard InChI is InChI=1S/C14H19ClN2/c1-14(2,3)16-8-9-17-10-12(15)11-6-4-5-7-13(11)17/h4-7,10,16H,8-9H2,1-3H3. The molecule has 0 radical (unpaired) electrons. The zero-order valence-electron chi connectivity index (χ0n) is 10.6. The van der Waals surface area contributed by atoms with E-state index in [0.29, 0.717) is 0 Å². The molecular weight excluding hydrogens is 232 g/mol. The Kier molecular flexibility index (Phi) is 3.45. The molecule has 92 valence electrons. The second kappa shape index (κ2) is 4.71. The third-order valence-electron chi connectivity index (χ3n) is 2.75. The van der Waals surface area contributed by atoms with Crippen LogP contribution in [-0.4, -0.2) is 16.7 Å². The van der Waals surface area contributed by atoms with Crippen LogP contribution < -0.4 is 5.32 Å². The lowest BCUT2D eigenvalue weighted by Gasteiger charge is -2.20. The van der Waals surface area contributed by atoms with Crippen molar-refractivity contribution in [3.05, 3.63) is 35.5 Å². The summed E-state index contributed by atoms with van der Waals surface area (Å²) in [4.78, 5) is 0. The van der Waals surface area contributed by atoms with Crippen LogP contribution >= 0.6 is 11.6 Å². The highest BCUT2D eigenvalue weighted by atomic mass is 35.5. The molecule has 1 aromatic heterocycles. The van der Waals surface area contributed by atoms with Gasteiger partial charge in [0, 0.05) is 35.7 Å². The second-order valence-corrected chi connectivity index (χ2v) is 5.77. The molecule has 0 aliphatic rings. The van der Waals surface area contributed by atoms with Gasteiger partial charge in [-0.2, -0.15) is 0 Å². The topological polar surface area (TPSA) is 17.0 Å². The van der Waals surface area contributed by atoms with E-state index in [9.17, 15) is 0 Å². The molecule has 0 bridgehead atoms. The molecular formula is C14H19ClN2. The summed E-state index contributed by atoms with van der Waals surface area (Å²) in [6.07, 6.45) is 2.01. The van der Waals surface area contributed by atoms with E-state index in [1.54, 1.807) is 0 Å². The van der Waals surface area contributed by atoms with Gasteiger partial charge in [-0.05, 0) is 26.8 Å². The molecule has 2 aromatic rings. The number of halogens is 1. The first kappa shape index (κ1) is 12.5. The maximum atomic E-state index is 6.21. The van der Waals surface area contributed by atoms with Gasteiger partial charge in [0.25, 0.3) is 0 Å². The van der Waals surface area contributed by atoms with Crippen LogP contribution in [0.3, 0.4) is 0 Å². The molecule has 0 aliphatic carbocycles. The van der Waals surface area contributed by atoms with E-state index in [1.807, 2.05) is 18.3 Å². The quantitative estimate of drug-likeness (QED) is 0.879. The molecule has 0 saturated heterocycles. The van der Waals surface area contributed by atoms with Crippen molar-refractivity contribution in [1.82, 2.24) is 9.88 Å². The van der Waals surface area contributed by atoms with Gasteiger partial charge in [0.05, 0.1) is 5.02 Å². The highest BCUT2D eigenvalue weighted by Crippen LogP contribution is 2.25. The monoisotopic (exact) mass is 250 g/mol. The Morgan fingerprint density at radius 3 is 2.65 bits per heavy atom. The van der Waals surface area contributed by atoms with Crippen molar-refractivity contribution in [3.8, 4) is 0 Å². The maximum absolute atomic E-state index is 6.21. The van der Waals surface area contributed by atoms with Crippen molar-refractivity contribution in [2.75, 3.05) is 6.54 Å². The number of benzene rings is 1. The minimum atomic E-state index is 0.159. The van der Waals surface area contributed by atoms with Crippen LogP contribution in [0.25, 0.3) is 10.9 Å². The molecule has 0 fully saturated rings. The first-order valence-corrected chi connectivity index (χ1v) is 6.33. The largest absolute Gasteiger partial charge is 0.345 e. The van der Waals surface area contributed by atoms with E-state index in [0.717, 1.165) is 23.5 Å². The highest BCUT2D eigenvalue weighted by Gasteiger charge is 2.09. The van der Waals surface area contributed by atoms with Crippen LogP contribution in [0.15, 0.2) is 30.5 Å². The van der Waals surface area contributed by atoms with Gasteiger partial charge in [-0.15, -0.1) is 0 Å². The van der Waals surface area contributed by atoms with E-state index < -0.39 is 0 Å². The van der Waals surface area contributed by atoms with Crippen LogP contribution in [0, 0.1) is 0 Å². The third kappa shape index (κ3) is 3.02. The summed E-state index contributed by atoms with van der Waals surface area (Å²) in [5.41, 5.74) is 1.36. The van der Waals surface area contributed by atoms with Gasteiger partial charge in [0.15, 0.2) is 0 Å². The Morgan fingerprint density at radius 2 is 1.94 bits per heavy atom. The molecule has 0 spiro atoms. The van der Waals surface area contributed by atoms with Crippen LogP contribution in [0.4, 0.5) is 0 Å². The van der Waals surface area contributed by atoms with E-state index in [-0.39, 0.29) is 5.54 Å². The number of para-hydroxylation sites is 1. The number of fused-ring (bicyclic) bond motifs is 1. The summed E-state index contributed by atoms with van der Waals surface area (Å²) in [5, 5.41) is 5.44. The maximum Gasteiger partial charge on any atom is 0.0661 e. The van der Waals surface area contributed by atoms with Crippen molar-refractivity contribution >= 4 is 22.5 Å². The summed E-state index contributed by atoms with van der Waals surface area (Å²) in [7, 11) is 0. The van der Waals surface area contributed by atoms with Gasteiger partial charge in [0.1, 0.15) is 0 Å². The number of nitrogens with zero attached hydrogens (tertiary/aromatic N) is 1. The lowest BCUT2D eigenvalue weighted by atomic mass is 10.1. The lowest BCUT2D eigenvalue weighted by molar-refractivity contribution is 0.414. The van der Waals surface area contributed by atoms with Gasteiger partial charge in [-0.3, -0.25) is 0 Å². The minimum absolute atomic E-state index is 0.159. The smallest absolute Gasteiger partial charge is 0.0661 e. The van der Waals surface area contributed by atoms with Crippen molar-refractivity contribution in [2.45, 2.75) is 32.9 Å². The third-order valence-corrected chi connectivity index (χ3v) is 3.05. The molecule has 0 amide bonds. The van der Waals surface area contributed by atoms with Crippen molar-refractivity contribution in [1.29, 1.82) is 0 Å². The van der Waals surface area contributed by atoms with E-state index in [1.165, 1.54) is 5.52 Å². The molecule has 17 heavy (non-hydrogen) atoms. The van der Waals surface area contributed by atoms with Gasteiger partial charge < -0.3 is 9.88 Å². The average Bonchev–Trinajstić information content (AvgIpc) is 2.55. The second-order valence-electron chi connectivity index (χ2n) is 5.36. The molecule has 2 rings (SSSR count). The van der Waals surface area contributed by atoms with Gasteiger partial charge in [0.2, 0.25) is 0 Å². The van der Waals surface area contributed by atoms with Crippen LogP contribution in [0.2, 0.25) is 5.02 Å². The first-order valence-electron chi connectivity index (χ1n) is 5.96. The zero-order valence-corrected chi connectivity index (χ0v) is 11.4. The van der Waals surface area contributed by atoms with E-state index >= 15 is 0 Å². The van der Waals surface area contributed by atoms with Crippen molar-refractivity contribution in [2.24, 2.45) is 0 Å². The number of hydrogen-bond donors (Lipinski definition) is 1. The number of hydrogen-bond acceptors (Lipinski definition) is 1. The minimum Gasteiger partial charge on any atom is -0.345 e. The molecule has 0 unspecified atom stereocenters. The Balaban J connectivity index is 2.14. The molecule has 0 saturated carbocycles. The fourth-order valence-electron chi connectivity index (χ4n) is 1.94. The van der Waals surface area contributed by atoms with Crippen LogP contribution in [0.1, 0.15) is 20.8 Å². The summed E-state index contributed by atoms with van der Waals surface area (Å²) in [6.45, 7) is 8.40. The van der Waals surface area contributed by atoms with Crippen LogP contribution in [-0.2, 0) is 6.54 Å². The fraction of sp³-hybridized carbons (Fsp3) is 0.429.